The minimum absolute atomic E-state index is 0.00283. The third-order valence-corrected chi connectivity index (χ3v) is 5.67. The number of carbonyl (C=O) groups is 2. The van der Waals surface area contributed by atoms with Crippen molar-refractivity contribution in [1.29, 1.82) is 0 Å². The zero-order valence-corrected chi connectivity index (χ0v) is 13.8. The molecule has 0 N–H and O–H groups in total. The topological polar surface area (TPSA) is 75.0 Å². The summed E-state index contributed by atoms with van der Waals surface area (Å²) < 4.78 is 13.6. The molecule has 1 saturated carbocycles. The summed E-state index contributed by atoms with van der Waals surface area (Å²) in [6.45, 7) is 1.88. The average Bonchev–Trinajstić information content (AvgIpc) is 3.18. The average molecular weight is 319 g/mol. The lowest BCUT2D eigenvalue weighted by Crippen LogP contribution is -2.23. The minimum Gasteiger partial charge on any atom is -0.610 e. The van der Waals surface area contributed by atoms with Crippen LogP contribution < -0.4 is 0 Å². The maximum atomic E-state index is 12.5. The van der Waals surface area contributed by atoms with Crippen LogP contribution in [0.5, 0.6) is 0 Å². The zero-order chi connectivity index (χ0) is 16.1. The van der Waals surface area contributed by atoms with Crippen LogP contribution in [-0.2, 0) is 27.8 Å². The zero-order valence-electron chi connectivity index (χ0n) is 13.0. The van der Waals surface area contributed by atoms with Gasteiger partial charge in [0.25, 0.3) is 0 Å². The van der Waals surface area contributed by atoms with Crippen LogP contribution in [0.2, 0.25) is 0 Å². The summed E-state index contributed by atoms with van der Waals surface area (Å²) >= 11 is -1.16. The van der Waals surface area contributed by atoms with Crippen LogP contribution in [0.15, 0.2) is 10.6 Å². The molecule has 1 fully saturated rings. The monoisotopic (exact) mass is 319 g/mol. The Morgan fingerprint density at radius 3 is 2.68 bits per heavy atom. The van der Waals surface area contributed by atoms with Gasteiger partial charge in [-0.3, -0.25) is 4.79 Å². The third-order valence-electron chi connectivity index (χ3n) is 4.64. The molecule has 1 radical (unpaired) electrons. The van der Waals surface area contributed by atoms with Gasteiger partial charge in [-0.05, 0) is 32.3 Å². The van der Waals surface area contributed by atoms with E-state index in [0.717, 1.165) is 30.4 Å². The van der Waals surface area contributed by atoms with Gasteiger partial charge in [0.2, 0.25) is 5.03 Å². The van der Waals surface area contributed by atoms with Gasteiger partial charge in [0.15, 0.2) is 5.78 Å². The van der Waals surface area contributed by atoms with Crippen LogP contribution in [0.4, 0.5) is 0 Å². The molecule has 2 aliphatic rings. The van der Waals surface area contributed by atoms with Gasteiger partial charge in [-0.25, -0.2) is 4.68 Å². The van der Waals surface area contributed by atoms with E-state index in [2.05, 4.69) is 11.2 Å². The quantitative estimate of drug-likeness (QED) is 0.624. The van der Waals surface area contributed by atoms with Crippen molar-refractivity contribution >= 4 is 23.2 Å². The number of Topliss-reactive ketones (excluding diaryl/α,β-unsaturated/α-hetero) is 1. The molecule has 3 rings (SSSR count). The van der Waals surface area contributed by atoms with Crippen LogP contribution in [0.25, 0.3) is 0 Å². The van der Waals surface area contributed by atoms with E-state index < -0.39 is 16.6 Å². The summed E-state index contributed by atoms with van der Waals surface area (Å²) in [7, 11) is 1.77. The molecule has 117 valence electrons. The fourth-order valence-corrected chi connectivity index (χ4v) is 4.44. The minimum atomic E-state index is -1.16. The molecular formula is C16H19N2O3S. The van der Waals surface area contributed by atoms with Crippen molar-refractivity contribution in [3.63, 3.8) is 0 Å². The SMILES string of the molecule is Cc1nn(C)c([S+](C)[O-])c1C1C[C]=C(C2(C=O)CC2)C(=O)C1. The number of hydrogen-bond acceptors (Lipinski definition) is 4. The molecular weight excluding hydrogens is 300 g/mol. The summed E-state index contributed by atoms with van der Waals surface area (Å²) in [5.74, 6) is -0.0526. The summed E-state index contributed by atoms with van der Waals surface area (Å²) in [5.41, 5.74) is 1.73. The van der Waals surface area contributed by atoms with Gasteiger partial charge >= 0.3 is 0 Å². The first-order chi connectivity index (χ1) is 10.4. The van der Waals surface area contributed by atoms with E-state index in [1.165, 1.54) is 0 Å². The van der Waals surface area contributed by atoms with Crippen LogP contribution >= 0.6 is 0 Å². The number of aryl methyl sites for hydroxylation is 2. The fourth-order valence-electron chi connectivity index (χ4n) is 3.41. The van der Waals surface area contributed by atoms with Crippen molar-refractivity contribution in [2.45, 2.75) is 43.6 Å². The van der Waals surface area contributed by atoms with Gasteiger partial charge in [0, 0.05) is 36.1 Å². The number of hydrogen-bond donors (Lipinski definition) is 0. The molecule has 1 aromatic heterocycles. The molecule has 0 bridgehead atoms. The maximum absolute atomic E-state index is 12.5. The normalized spacial score (nSPS) is 24.8. The summed E-state index contributed by atoms with van der Waals surface area (Å²) in [6, 6.07) is 0. The predicted molar refractivity (Wildman–Crippen MR) is 81.7 cm³/mol. The van der Waals surface area contributed by atoms with Crippen LogP contribution in [0.3, 0.4) is 0 Å². The number of carbonyl (C=O) groups excluding carboxylic acids is 2. The van der Waals surface area contributed by atoms with Crippen LogP contribution in [0, 0.1) is 18.4 Å². The van der Waals surface area contributed by atoms with Crippen LogP contribution in [-0.4, -0.2) is 32.7 Å². The van der Waals surface area contributed by atoms with Gasteiger partial charge in [-0.15, -0.1) is 0 Å². The van der Waals surface area contributed by atoms with E-state index in [1.54, 1.807) is 18.0 Å². The van der Waals surface area contributed by atoms with E-state index in [1.807, 2.05) is 6.92 Å². The Kier molecular flexibility index (Phi) is 3.77. The number of aldehydes is 1. The van der Waals surface area contributed by atoms with Crippen molar-refractivity contribution < 1.29 is 14.1 Å². The van der Waals surface area contributed by atoms with Crippen molar-refractivity contribution in [2.24, 2.45) is 12.5 Å². The Morgan fingerprint density at radius 2 is 2.18 bits per heavy atom. The van der Waals surface area contributed by atoms with E-state index in [4.69, 9.17) is 0 Å². The molecule has 22 heavy (non-hydrogen) atoms. The number of nitrogens with zero attached hydrogens (tertiary/aromatic N) is 2. The second-order valence-corrected chi connectivity index (χ2v) is 7.53. The van der Waals surface area contributed by atoms with Crippen molar-refractivity contribution in [2.75, 3.05) is 6.26 Å². The molecule has 0 saturated heterocycles. The lowest BCUT2D eigenvalue weighted by molar-refractivity contribution is -0.119. The van der Waals surface area contributed by atoms with Gasteiger partial charge in [-0.1, -0.05) is 0 Å². The second kappa shape index (κ2) is 5.35. The fraction of sp³-hybridized carbons (Fsp3) is 0.562. The Hall–Kier alpha value is -1.40. The summed E-state index contributed by atoms with van der Waals surface area (Å²) in [4.78, 5) is 23.7. The molecule has 0 aromatic carbocycles. The number of aromatic nitrogens is 2. The molecule has 5 nitrogen and oxygen atoms in total. The number of ketones is 1. The molecule has 6 heteroatoms. The highest BCUT2D eigenvalue weighted by Gasteiger charge is 2.50. The highest BCUT2D eigenvalue weighted by Crippen LogP contribution is 2.52. The smallest absolute Gasteiger partial charge is 0.246 e. The molecule has 0 spiro atoms. The highest BCUT2D eigenvalue weighted by atomic mass is 32.2. The summed E-state index contributed by atoms with van der Waals surface area (Å²) in [5, 5.41) is 5.03. The molecule has 2 aliphatic carbocycles. The summed E-state index contributed by atoms with van der Waals surface area (Å²) in [6.07, 6.45) is 8.13. The van der Waals surface area contributed by atoms with E-state index in [-0.39, 0.29) is 11.7 Å². The first-order valence-electron chi connectivity index (χ1n) is 7.37. The molecule has 0 amide bonds. The molecule has 2 atom stereocenters. The highest BCUT2D eigenvalue weighted by molar-refractivity contribution is 7.90. The Bertz CT molecular complexity index is 671. The number of allylic oxidation sites excluding steroid dienone is 2. The third kappa shape index (κ3) is 2.34. The first kappa shape index (κ1) is 15.5. The Labute approximate surface area is 132 Å². The number of rotatable bonds is 4. The van der Waals surface area contributed by atoms with Gasteiger partial charge < -0.3 is 9.35 Å². The van der Waals surface area contributed by atoms with Crippen LogP contribution in [0.1, 0.15) is 42.9 Å². The predicted octanol–water partition coefficient (Wildman–Crippen LogP) is 1.62. The van der Waals surface area contributed by atoms with E-state index in [9.17, 15) is 14.1 Å². The van der Waals surface area contributed by atoms with Gasteiger partial charge in [0.05, 0.1) is 16.7 Å². The largest absolute Gasteiger partial charge is 0.610 e. The molecule has 2 unspecified atom stereocenters. The van der Waals surface area contributed by atoms with Crippen molar-refractivity contribution in [3.05, 3.63) is 22.9 Å². The van der Waals surface area contributed by atoms with E-state index in [0.29, 0.717) is 23.4 Å². The Balaban J connectivity index is 1.94. The van der Waals surface area contributed by atoms with Crippen molar-refractivity contribution in [3.8, 4) is 0 Å². The molecule has 1 aromatic rings. The van der Waals surface area contributed by atoms with Gasteiger partial charge in [0.1, 0.15) is 12.5 Å². The van der Waals surface area contributed by atoms with E-state index >= 15 is 0 Å². The maximum Gasteiger partial charge on any atom is 0.246 e. The Morgan fingerprint density at radius 1 is 1.50 bits per heavy atom. The second-order valence-electron chi connectivity index (χ2n) is 6.24. The lowest BCUT2D eigenvalue weighted by atomic mass is 9.79. The van der Waals surface area contributed by atoms with Gasteiger partial charge in [-0.2, -0.15) is 5.10 Å². The molecule has 0 aliphatic heterocycles. The first-order valence-corrected chi connectivity index (χ1v) is 8.93. The molecule has 1 heterocycles. The lowest BCUT2D eigenvalue weighted by Gasteiger charge is -2.23. The standard InChI is InChI=1S/C16H19N2O3S/c1-10-14(15(22(3)21)18(2)17-10)11-4-5-12(13(20)8-11)16(9-19)6-7-16/h9,11H,4,6-8H2,1-3H3. The van der Waals surface area contributed by atoms with Crippen molar-refractivity contribution in [1.82, 2.24) is 9.78 Å².